The van der Waals surface area contributed by atoms with Gasteiger partial charge in [0.05, 0.1) is 17.6 Å². The van der Waals surface area contributed by atoms with E-state index in [-0.39, 0.29) is 34.9 Å². The van der Waals surface area contributed by atoms with Crippen molar-refractivity contribution >= 4 is 24.9 Å². The van der Waals surface area contributed by atoms with Crippen LogP contribution >= 0.6 is 0 Å². The highest BCUT2D eigenvalue weighted by Crippen LogP contribution is 2.65. The van der Waals surface area contributed by atoms with Crippen molar-refractivity contribution in [1.29, 1.82) is 0 Å². The average Bonchev–Trinajstić information content (AvgIpc) is 3.21. The number of nitrogens with two attached hydrogens (primary N) is 1. The number of hydrogen-bond acceptors (Lipinski definition) is 5. The first kappa shape index (κ1) is 31.7. The largest absolute Gasteiger partial charge is 0.481 e. The van der Waals surface area contributed by atoms with Crippen LogP contribution in [0.3, 0.4) is 0 Å². The third-order valence-electron chi connectivity index (χ3n) is 9.68. The number of guanidine groups is 1. The van der Waals surface area contributed by atoms with Crippen LogP contribution in [0, 0.1) is 28.6 Å². The number of carbonyl (C=O) groups excluding carboxylic acids is 2. The normalized spacial score (nSPS) is 29.3. The van der Waals surface area contributed by atoms with Gasteiger partial charge < -0.3 is 31.0 Å². The standard InChI is InChI=1S/C29H54BN5O4/c1-10-13-27(4,5)25(37)34-20(12-11-14-33-26(31)32-9)24(36)35-23(15-18(2)3)30-38-22-17-19-16-21(28(19,6)7)29(22,8)39-30/h18-23H,10-17H2,1-9H3,(H,34,37)(H,35,36)(H3,31,32,33)/t19-,20-,21-,22+,23-,29-/m0/s1. The van der Waals surface area contributed by atoms with Crippen molar-refractivity contribution in [2.45, 2.75) is 124 Å². The molecule has 0 aromatic heterocycles. The van der Waals surface area contributed by atoms with Crippen LogP contribution in [-0.4, -0.2) is 62.2 Å². The highest BCUT2D eigenvalue weighted by Gasteiger charge is 2.68. The second kappa shape index (κ2) is 12.4. The molecule has 4 fully saturated rings. The van der Waals surface area contributed by atoms with E-state index in [9.17, 15) is 9.59 Å². The fraction of sp³-hybridized carbons (Fsp3) is 0.897. The van der Waals surface area contributed by atoms with E-state index in [1.165, 1.54) is 6.42 Å². The minimum atomic E-state index is -0.670. The molecule has 39 heavy (non-hydrogen) atoms. The third-order valence-corrected chi connectivity index (χ3v) is 9.68. The lowest BCUT2D eigenvalue weighted by molar-refractivity contribution is -0.199. The van der Waals surface area contributed by atoms with Gasteiger partial charge >= 0.3 is 7.12 Å². The van der Waals surface area contributed by atoms with Crippen LogP contribution in [0.5, 0.6) is 0 Å². The lowest BCUT2D eigenvalue weighted by Crippen LogP contribution is -2.65. The maximum atomic E-state index is 13.8. The number of hydrogen-bond donors (Lipinski definition) is 4. The molecule has 222 valence electrons. The van der Waals surface area contributed by atoms with E-state index < -0.39 is 18.6 Å². The van der Waals surface area contributed by atoms with E-state index in [4.69, 9.17) is 15.0 Å². The number of aliphatic imine (C=N–C) groups is 1. The molecule has 0 radical (unpaired) electrons. The van der Waals surface area contributed by atoms with E-state index in [0.29, 0.717) is 43.1 Å². The Morgan fingerprint density at radius 2 is 1.87 bits per heavy atom. The molecular formula is C29H54BN5O4. The van der Waals surface area contributed by atoms with Crippen LogP contribution < -0.4 is 21.7 Å². The summed E-state index contributed by atoms with van der Waals surface area (Å²) in [5.41, 5.74) is 5.11. The van der Waals surface area contributed by atoms with E-state index in [1.54, 1.807) is 7.05 Å². The zero-order chi connectivity index (χ0) is 29.2. The molecule has 3 saturated carbocycles. The molecule has 1 saturated heterocycles. The molecule has 1 heterocycles. The predicted molar refractivity (Wildman–Crippen MR) is 157 cm³/mol. The summed E-state index contributed by atoms with van der Waals surface area (Å²) in [5, 5.41) is 9.33. The predicted octanol–water partition coefficient (Wildman–Crippen LogP) is 3.41. The highest BCUT2D eigenvalue weighted by molar-refractivity contribution is 6.48. The Hall–Kier alpha value is -1.81. The molecule has 6 atom stereocenters. The molecule has 0 aromatic rings. The Balaban J connectivity index is 1.73. The van der Waals surface area contributed by atoms with Gasteiger partial charge in [0.25, 0.3) is 0 Å². The van der Waals surface area contributed by atoms with Gasteiger partial charge in [0.15, 0.2) is 5.96 Å². The molecule has 0 unspecified atom stereocenters. The summed E-state index contributed by atoms with van der Waals surface area (Å²) in [6.45, 7) is 17.6. The van der Waals surface area contributed by atoms with Crippen molar-refractivity contribution < 1.29 is 18.9 Å². The van der Waals surface area contributed by atoms with Crippen LogP contribution in [0.4, 0.5) is 0 Å². The summed E-state index contributed by atoms with van der Waals surface area (Å²) in [6.07, 6.45) is 5.71. The topological polar surface area (TPSA) is 127 Å². The molecule has 0 aromatic carbocycles. The van der Waals surface area contributed by atoms with E-state index in [1.807, 2.05) is 13.8 Å². The minimum Gasteiger partial charge on any atom is -0.404 e. The molecule has 1 aliphatic heterocycles. The summed E-state index contributed by atoms with van der Waals surface area (Å²) < 4.78 is 13.3. The van der Waals surface area contributed by atoms with Crippen molar-refractivity contribution in [1.82, 2.24) is 16.0 Å². The summed E-state index contributed by atoms with van der Waals surface area (Å²) >= 11 is 0. The number of amides is 2. The fourth-order valence-electron chi connectivity index (χ4n) is 7.06. The van der Waals surface area contributed by atoms with Gasteiger partial charge in [-0.15, -0.1) is 0 Å². The minimum absolute atomic E-state index is 0.0490. The summed E-state index contributed by atoms with van der Waals surface area (Å²) in [4.78, 5) is 30.9. The first-order valence-electron chi connectivity index (χ1n) is 15.1. The van der Waals surface area contributed by atoms with Crippen molar-refractivity contribution in [2.24, 2.45) is 39.3 Å². The number of nitrogens with one attached hydrogen (secondary N) is 3. The maximum absolute atomic E-state index is 13.8. The molecule has 4 aliphatic rings. The van der Waals surface area contributed by atoms with E-state index in [0.717, 1.165) is 25.7 Å². The third kappa shape index (κ3) is 6.92. The lowest BCUT2D eigenvalue weighted by atomic mass is 9.43. The Morgan fingerprint density at radius 3 is 2.46 bits per heavy atom. The quantitative estimate of drug-likeness (QED) is 0.121. The average molecular weight is 548 g/mol. The van der Waals surface area contributed by atoms with Gasteiger partial charge in [-0.05, 0) is 68.6 Å². The fourth-order valence-corrected chi connectivity index (χ4v) is 7.06. The Morgan fingerprint density at radius 1 is 1.18 bits per heavy atom. The Bertz CT molecular complexity index is 910. The summed E-state index contributed by atoms with van der Waals surface area (Å²) in [5.74, 6) is 1.19. The SMILES string of the molecule is CCCC(C)(C)C(=O)N[C@@H](CCCNC(N)=NC)C(=O)N[C@@H](CC(C)C)B1O[C@@H]2C[C@@H]3C[C@@H](C3(C)C)[C@]2(C)O1. The zero-order valence-electron chi connectivity index (χ0n) is 25.9. The van der Waals surface area contributed by atoms with Crippen molar-refractivity contribution in [3.63, 3.8) is 0 Å². The Labute approximate surface area is 236 Å². The van der Waals surface area contributed by atoms with Crippen molar-refractivity contribution in [2.75, 3.05) is 13.6 Å². The second-order valence-corrected chi connectivity index (χ2v) is 13.9. The molecule has 3 aliphatic carbocycles. The van der Waals surface area contributed by atoms with Crippen LogP contribution in [0.2, 0.25) is 0 Å². The highest BCUT2D eigenvalue weighted by atomic mass is 16.7. The van der Waals surface area contributed by atoms with Gasteiger partial charge in [0, 0.05) is 19.0 Å². The van der Waals surface area contributed by atoms with Gasteiger partial charge in [-0.2, -0.15) is 0 Å². The molecule has 0 spiro atoms. The first-order chi connectivity index (χ1) is 18.2. The zero-order valence-corrected chi connectivity index (χ0v) is 25.9. The number of carbonyl (C=O) groups is 2. The van der Waals surface area contributed by atoms with E-state index >= 15 is 0 Å². The van der Waals surface area contributed by atoms with Gasteiger partial charge in [0.2, 0.25) is 11.8 Å². The summed E-state index contributed by atoms with van der Waals surface area (Å²) in [7, 11) is 1.12. The van der Waals surface area contributed by atoms with Gasteiger partial charge in [-0.25, -0.2) is 0 Å². The van der Waals surface area contributed by atoms with Crippen LogP contribution in [0.15, 0.2) is 4.99 Å². The molecule has 4 rings (SSSR count). The van der Waals surface area contributed by atoms with Crippen LogP contribution in [0.1, 0.15) is 100 Å². The Kier molecular flexibility index (Phi) is 10.1. The molecule has 2 bridgehead atoms. The molecular weight excluding hydrogens is 493 g/mol. The smallest absolute Gasteiger partial charge is 0.404 e. The van der Waals surface area contributed by atoms with Crippen molar-refractivity contribution in [3.8, 4) is 0 Å². The van der Waals surface area contributed by atoms with Crippen LogP contribution in [0.25, 0.3) is 0 Å². The van der Waals surface area contributed by atoms with E-state index in [2.05, 4.69) is 62.5 Å². The molecule has 9 nitrogen and oxygen atoms in total. The maximum Gasteiger partial charge on any atom is 0.481 e. The van der Waals surface area contributed by atoms with Crippen molar-refractivity contribution in [3.05, 3.63) is 0 Å². The second-order valence-electron chi connectivity index (χ2n) is 13.9. The molecule has 5 N–H and O–H groups in total. The van der Waals surface area contributed by atoms with Gasteiger partial charge in [0.1, 0.15) is 6.04 Å². The number of nitrogens with zero attached hydrogens (tertiary/aromatic N) is 1. The number of rotatable bonds is 13. The van der Waals surface area contributed by atoms with Crippen LogP contribution in [-0.2, 0) is 18.9 Å². The van der Waals surface area contributed by atoms with Gasteiger partial charge in [-0.3, -0.25) is 14.6 Å². The molecule has 10 heteroatoms. The first-order valence-corrected chi connectivity index (χ1v) is 15.1. The van der Waals surface area contributed by atoms with Gasteiger partial charge in [-0.1, -0.05) is 54.9 Å². The lowest BCUT2D eigenvalue weighted by Gasteiger charge is -2.64. The summed E-state index contributed by atoms with van der Waals surface area (Å²) in [6, 6.07) is -0.670. The molecule has 2 amide bonds. The monoisotopic (exact) mass is 547 g/mol.